The van der Waals surface area contributed by atoms with Crippen molar-refractivity contribution in [3.05, 3.63) is 70.4 Å². The topological polar surface area (TPSA) is 67.2 Å². The van der Waals surface area contributed by atoms with E-state index in [0.717, 1.165) is 16.9 Å². The number of para-hydroxylation sites is 1. The van der Waals surface area contributed by atoms with Gasteiger partial charge in [0.25, 0.3) is 0 Å². The molecule has 0 atom stereocenters. The SMILES string of the molecule is Cc1ccc(Cl)cc1-n1nc(C(C)(C)C)cc1Nc1ccccc1C(=O)O. The number of rotatable bonds is 4. The predicted molar refractivity (Wildman–Crippen MR) is 109 cm³/mol. The van der Waals surface area contributed by atoms with Gasteiger partial charge in [-0.2, -0.15) is 5.10 Å². The number of nitrogens with one attached hydrogen (secondary N) is 1. The molecule has 3 aromatic rings. The van der Waals surface area contributed by atoms with Crippen LogP contribution in [0.3, 0.4) is 0 Å². The maximum atomic E-state index is 11.6. The number of hydrogen-bond donors (Lipinski definition) is 2. The summed E-state index contributed by atoms with van der Waals surface area (Å²) in [5, 5.41) is 18.1. The van der Waals surface area contributed by atoms with Crippen LogP contribution >= 0.6 is 11.6 Å². The van der Waals surface area contributed by atoms with E-state index in [-0.39, 0.29) is 11.0 Å². The second kappa shape index (κ2) is 7.08. The zero-order valence-corrected chi connectivity index (χ0v) is 16.5. The van der Waals surface area contributed by atoms with E-state index >= 15 is 0 Å². The van der Waals surface area contributed by atoms with E-state index in [1.165, 1.54) is 0 Å². The summed E-state index contributed by atoms with van der Waals surface area (Å²) in [6.45, 7) is 8.23. The summed E-state index contributed by atoms with van der Waals surface area (Å²) in [7, 11) is 0. The molecule has 0 spiro atoms. The average Bonchev–Trinajstić information content (AvgIpc) is 3.01. The Morgan fingerprint density at radius 3 is 2.52 bits per heavy atom. The zero-order valence-electron chi connectivity index (χ0n) is 15.7. The highest BCUT2D eigenvalue weighted by Gasteiger charge is 2.22. The number of aromatic nitrogens is 2. The van der Waals surface area contributed by atoms with Gasteiger partial charge in [0.1, 0.15) is 5.82 Å². The Bertz CT molecular complexity index is 1000. The fraction of sp³-hybridized carbons (Fsp3) is 0.238. The lowest BCUT2D eigenvalue weighted by atomic mass is 9.92. The smallest absolute Gasteiger partial charge is 0.337 e. The summed E-state index contributed by atoms with van der Waals surface area (Å²) in [5.74, 6) is -0.307. The molecule has 0 saturated heterocycles. The van der Waals surface area contributed by atoms with Crippen molar-refractivity contribution < 1.29 is 9.90 Å². The number of carbonyl (C=O) groups is 1. The number of halogens is 1. The first kappa shape index (κ1) is 19.0. The Hall–Kier alpha value is -2.79. The molecule has 27 heavy (non-hydrogen) atoms. The highest BCUT2D eigenvalue weighted by Crippen LogP contribution is 2.31. The normalized spacial score (nSPS) is 11.4. The van der Waals surface area contributed by atoms with Gasteiger partial charge in [0.15, 0.2) is 0 Å². The van der Waals surface area contributed by atoms with E-state index in [1.54, 1.807) is 28.9 Å². The van der Waals surface area contributed by atoms with Gasteiger partial charge in [0, 0.05) is 16.5 Å². The van der Waals surface area contributed by atoms with Gasteiger partial charge in [-0.3, -0.25) is 0 Å². The first-order chi connectivity index (χ1) is 12.7. The minimum Gasteiger partial charge on any atom is -0.478 e. The Morgan fingerprint density at radius 2 is 1.85 bits per heavy atom. The molecule has 3 rings (SSSR count). The third-order valence-corrected chi connectivity index (χ3v) is 4.53. The lowest BCUT2D eigenvalue weighted by Crippen LogP contribution is -2.13. The molecule has 0 aliphatic carbocycles. The minimum atomic E-state index is -0.987. The van der Waals surface area contributed by atoms with Crippen LogP contribution in [0.25, 0.3) is 5.69 Å². The second-order valence-electron chi connectivity index (χ2n) is 7.48. The molecular formula is C21H22ClN3O2. The van der Waals surface area contributed by atoms with Gasteiger partial charge in [0.05, 0.1) is 22.6 Å². The number of hydrogen-bond acceptors (Lipinski definition) is 3. The number of benzene rings is 2. The number of aromatic carboxylic acids is 1. The molecule has 0 fully saturated rings. The number of anilines is 2. The van der Waals surface area contributed by atoms with E-state index < -0.39 is 5.97 Å². The average molecular weight is 384 g/mol. The van der Waals surface area contributed by atoms with Crippen molar-refractivity contribution in [1.29, 1.82) is 0 Å². The zero-order chi connectivity index (χ0) is 19.8. The maximum absolute atomic E-state index is 11.6. The Balaban J connectivity index is 2.16. The maximum Gasteiger partial charge on any atom is 0.337 e. The van der Waals surface area contributed by atoms with Crippen LogP contribution in [0.1, 0.15) is 42.4 Å². The van der Waals surface area contributed by atoms with Crippen LogP contribution in [-0.2, 0) is 5.41 Å². The van der Waals surface area contributed by atoms with Crippen LogP contribution in [0.4, 0.5) is 11.5 Å². The Morgan fingerprint density at radius 1 is 1.15 bits per heavy atom. The molecule has 0 aliphatic rings. The molecule has 1 heterocycles. The molecule has 2 N–H and O–H groups in total. The monoisotopic (exact) mass is 383 g/mol. The van der Waals surface area contributed by atoms with E-state index in [1.807, 2.05) is 31.2 Å². The molecule has 0 unspecified atom stereocenters. The van der Waals surface area contributed by atoms with Crippen LogP contribution in [0.2, 0.25) is 5.02 Å². The fourth-order valence-corrected chi connectivity index (χ4v) is 2.91. The van der Waals surface area contributed by atoms with E-state index in [9.17, 15) is 9.90 Å². The molecule has 0 saturated carbocycles. The van der Waals surface area contributed by atoms with Gasteiger partial charge < -0.3 is 10.4 Å². The van der Waals surface area contributed by atoms with Crippen LogP contribution in [0.15, 0.2) is 48.5 Å². The minimum absolute atomic E-state index is 0.166. The molecule has 6 heteroatoms. The van der Waals surface area contributed by atoms with Gasteiger partial charge in [-0.05, 0) is 36.8 Å². The predicted octanol–water partition coefficient (Wildman–Crippen LogP) is 5.57. The van der Waals surface area contributed by atoms with Crippen molar-refractivity contribution in [2.24, 2.45) is 0 Å². The van der Waals surface area contributed by atoms with Crippen molar-refractivity contribution in [3.63, 3.8) is 0 Å². The highest BCUT2D eigenvalue weighted by atomic mass is 35.5. The number of carboxylic acid groups (broad SMARTS) is 1. The third kappa shape index (κ3) is 3.98. The fourth-order valence-electron chi connectivity index (χ4n) is 2.75. The van der Waals surface area contributed by atoms with Gasteiger partial charge in [0.2, 0.25) is 0 Å². The Labute approximate surface area is 163 Å². The third-order valence-electron chi connectivity index (χ3n) is 4.30. The molecule has 0 bridgehead atoms. The molecule has 140 valence electrons. The summed E-state index contributed by atoms with van der Waals surface area (Å²) >= 11 is 6.20. The largest absolute Gasteiger partial charge is 0.478 e. The molecule has 0 aliphatic heterocycles. The quantitative estimate of drug-likeness (QED) is 0.617. The lowest BCUT2D eigenvalue weighted by Gasteiger charge is -2.14. The number of carboxylic acids is 1. The van der Waals surface area contributed by atoms with E-state index in [4.69, 9.17) is 16.7 Å². The summed E-state index contributed by atoms with van der Waals surface area (Å²) in [5.41, 5.74) is 3.28. The second-order valence-corrected chi connectivity index (χ2v) is 7.92. The van der Waals surface area contributed by atoms with Crippen LogP contribution in [0, 0.1) is 6.92 Å². The molecular weight excluding hydrogens is 362 g/mol. The summed E-state index contributed by atoms with van der Waals surface area (Å²) in [4.78, 5) is 11.6. The van der Waals surface area contributed by atoms with E-state index in [0.29, 0.717) is 16.5 Å². The Kier molecular flexibility index (Phi) is 4.98. The standard InChI is InChI=1S/C21H22ClN3O2/c1-13-9-10-14(22)11-17(13)25-19(12-18(24-25)21(2,3)4)23-16-8-6-5-7-15(16)20(26)27/h5-12,23H,1-4H3,(H,26,27). The molecule has 2 aromatic carbocycles. The number of nitrogens with zero attached hydrogens (tertiary/aromatic N) is 2. The summed E-state index contributed by atoms with van der Waals surface area (Å²) in [6, 6.07) is 14.4. The first-order valence-corrected chi connectivity index (χ1v) is 9.01. The molecule has 0 radical (unpaired) electrons. The number of aryl methyl sites for hydroxylation is 1. The molecule has 5 nitrogen and oxygen atoms in total. The van der Waals surface area contributed by atoms with Crippen molar-refractivity contribution >= 4 is 29.1 Å². The summed E-state index contributed by atoms with van der Waals surface area (Å²) in [6.07, 6.45) is 0. The van der Waals surface area contributed by atoms with Crippen LogP contribution < -0.4 is 5.32 Å². The molecule has 1 aromatic heterocycles. The van der Waals surface area contributed by atoms with Crippen molar-refractivity contribution in [3.8, 4) is 5.69 Å². The highest BCUT2D eigenvalue weighted by molar-refractivity contribution is 6.30. The lowest BCUT2D eigenvalue weighted by molar-refractivity contribution is 0.0698. The van der Waals surface area contributed by atoms with Crippen LogP contribution in [-0.4, -0.2) is 20.9 Å². The first-order valence-electron chi connectivity index (χ1n) is 8.63. The van der Waals surface area contributed by atoms with E-state index in [2.05, 4.69) is 26.1 Å². The van der Waals surface area contributed by atoms with Gasteiger partial charge in [-0.25, -0.2) is 9.48 Å². The van der Waals surface area contributed by atoms with Crippen LogP contribution in [0.5, 0.6) is 0 Å². The van der Waals surface area contributed by atoms with Crippen molar-refractivity contribution in [2.45, 2.75) is 33.1 Å². The van der Waals surface area contributed by atoms with Crippen molar-refractivity contribution in [1.82, 2.24) is 9.78 Å². The summed E-state index contributed by atoms with van der Waals surface area (Å²) < 4.78 is 1.78. The van der Waals surface area contributed by atoms with Gasteiger partial charge in [-0.15, -0.1) is 0 Å². The van der Waals surface area contributed by atoms with Gasteiger partial charge in [-0.1, -0.05) is 50.6 Å². The molecule has 0 amide bonds. The van der Waals surface area contributed by atoms with Gasteiger partial charge >= 0.3 is 5.97 Å². The van der Waals surface area contributed by atoms with Crippen molar-refractivity contribution in [2.75, 3.05) is 5.32 Å².